The highest BCUT2D eigenvalue weighted by Gasteiger charge is 2.34. The Balaban J connectivity index is 1.07. The monoisotopic (exact) mass is 546 g/mol. The van der Waals surface area contributed by atoms with Crippen molar-refractivity contribution >= 4 is 46.8 Å². The minimum absolute atomic E-state index is 0.266. The summed E-state index contributed by atoms with van der Waals surface area (Å²) in [7, 11) is 0. The lowest BCUT2D eigenvalue weighted by Crippen LogP contribution is -2.49. The van der Waals surface area contributed by atoms with E-state index in [0.717, 1.165) is 11.3 Å². The molecule has 194 valence electrons. The highest BCUT2D eigenvalue weighted by Crippen LogP contribution is 2.26. The van der Waals surface area contributed by atoms with Crippen molar-refractivity contribution in [3.63, 3.8) is 0 Å². The normalized spacial score (nSPS) is 18.6. The number of carbonyl (C=O) groups excluding carboxylic acids is 2. The Kier molecular flexibility index (Phi) is 7.47. The number of nitrogens with zero attached hydrogens (tertiary/aromatic N) is 5. The molecule has 2 saturated heterocycles. The van der Waals surface area contributed by atoms with Gasteiger partial charge in [0.1, 0.15) is 6.10 Å². The fraction of sp³-hybridized carbons (Fsp3) is 0.333. The van der Waals surface area contributed by atoms with Crippen molar-refractivity contribution < 1.29 is 23.7 Å². The second-order valence-corrected chi connectivity index (χ2v) is 9.48. The first-order chi connectivity index (χ1) is 17.8. The summed E-state index contributed by atoms with van der Waals surface area (Å²) in [6.45, 7) is 5.13. The first kappa shape index (κ1) is 25.3. The molecule has 1 atom stereocenters. The molecule has 0 saturated carbocycles. The van der Waals surface area contributed by atoms with Crippen molar-refractivity contribution in [1.29, 1.82) is 0 Å². The van der Waals surface area contributed by atoms with E-state index in [2.05, 4.69) is 20.4 Å². The third kappa shape index (κ3) is 6.13. The van der Waals surface area contributed by atoms with Gasteiger partial charge in [0, 0.05) is 56.6 Å². The maximum Gasteiger partial charge on any atom is 0.430 e. The Bertz CT molecular complexity index is 1280. The van der Waals surface area contributed by atoms with Gasteiger partial charge in [0.05, 0.1) is 16.6 Å². The van der Waals surface area contributed by atoms with Crippen LogP contribution < -0.4 is 10.2 Å². The van der Waals surface area contributed by atoms with Crippen LogP contribution in [-0.2, 0) is 9.57 Å². The lowest BCUT2D eigenvalue weighted by molar-refractivity contribution is -0.120. The van der Waals surface area contributed by atoms with E-state index in [9.17, 15) is 9.59 Å². The molecular weight excluding hydrogens is 523 g/mol. The van der Waals surface area contributed by atoms with E-state index in [4.69, 9.17) is 37.3 Å². The average molecular weight is 547 g/mol. The maximum absolute atomic E-state index is 12.5. The highest BCUT2D eigenvalue weighted by molar-refractivity contribution is 6.42. The number of cyclic esters (lactones) is 1. The van der Waals surface area contributed by atoms with E-state index in [1.807, 2.05) is 24.3 Å². The van der Waals surface area contributed by atoms with Crippen LogP contribution in [0.2, 0.25) is 10.0 Å². The molecule has 2 aromatic carbocycles. The van der Waals surface area contributed by atoms with Crippen LogP contribution in [0.25, 0.3) is 11.4 Å². The van der Waals surface area contributed by atoms with Crippen LogP contribution in [0.4, 0.5) is 21.0 Å². The molecule has 1 aromatic heterocycles. The molecule has 3 heterocycles. The summed E-state index contributed by atoms with van der Waals surface area (Å²) in [6.07, 6.45) is -1.25. The number of anilines is 2. The van der Waals surface area contributed by atoms with Gasteiger partial charge in [-0.2, -0.15) is 4.98 Å². The number of hydrogen-bond donors (Lipinski definition) is 1. The molecule has 0 bridgehead atoms. The Morgan fingerprint density at radius 3 is 2.54 bits per heavy atom. The zero-order chi connectivity index (χ0) is 25.9. The molecule has 1 unspecified atom stereocenters. The van der Waals surface area contributed by atoms with Crippen LogP contribution in [0, 0.1) is 6.92 Å². The number of amides is 2. The van der Waals surface area contributed by atoms with E-state index in [1.165, 1.54) is 0 Å². The van der Waals surface area contributed by atoms with Crippen LogP contribution in [0.3, 0.4) is 0 Å². The first-order valence-corrected chi connectivity index (χ1v) is 12.4. The molecule has 37 heavy (non-hydrogen) atoms. The fourth-order valence-corrected chi connectivity index (χ4v) is 4.46. The standard InChI is InChI=1S/C24H24Cl2N6O5/c1-15-27-22(29-36-15)16-2-5-18(6-3-16)32-14-19(35-24(32)34)13-30-8-10-31(11-9-30)37-23(33)28-17-4-7-20(25)21(26)12-17/h2-7,12,19H,8-11,13-14H2,1H3,(H,28,33). The Morgan fingerprint density at radius 2 is 1.86 bits per heavy atom. The summed E-state index contributed by atoms with van der Waals surface area (Å²) in [5, 5.41) is 8.89. The van der Waals surface area contributed by atoms with E-state index < -0.39 is 6.09 Å². The number of piperazine rings is 1. The van der Waals surface area contributed by atoms with Gasteiger partial charge >= 0.3 is 12.2 Å². The first-order valence-electron chi connectivity index (χ1n) is 11.6. The van der Waals surface area contributed by atoms with Gasteiger partial charge in [0.15, 0.2) is 0 Å². The van der Waals surface area contributed by atoms with Gasteiger partial charge in [-0.05, 0) is 42.5 Å². The number of carbonyl (C=O) groups is 2. The molecule has 3 aromatic rings. The van der Waals surface area contributed by atoms with E-state index >= 15 is 0 Å². The van der Waals surface area contributed by atoms with Crippen LogP contribution >= 0.6 is 23.2 Å². The minimum atomic E-state index is -0.604. The molecule has 13 heteroatoms. The van der Waals surface area contributed by atoms with Crippen LogP contribution in [0.1, 0.15) is 5.89 Å². The molecular formula is C24H24Cl2N6O5. The number of hydroxylamine groups is 2. The molecule has 2 aliphatic heterocycles. The van der Waals surface area contributed by atoms with Gasteiger partial charge < -0.3 is 14.1 Å². The number of benzene rings is 2. The van der Waals surface area contributed by atoms with E-state index in [0.29, 0.717) is 66.7 Å². The second kappa shape index (κ2) is 10.9. The predicted octanol–water partition coefficient (Wildman–Crippen LogP) is 4.46. The zero-order valence-electron chi connectivity index (χ0n) is 19.9. The van der Waals surface area contributed by atoms with Gasteiger partial charge in [-0.3, -0.25) is 15.1 Å². The Hall–Kier alpha value is -3.38. The van der Waals surface area contributed by atoms with Crippen molar-refractivity contribution in [2.24, 2.45) is 0 Å². The van der Waals surface area contributed by atoms with Gasteiger partial charge in [-0.1, -0.05) is 28.4 Å². The Morgan fingerprint density at radius 1 is 1.11 bits per heavy atom. The molecule has 2 amide bonds. The number of aryl methyl sites for hydroxylation is 1. The highest BCUT2D eigenvalue weighted by atomic mass is 35.5. The molecule has 2 fully saturated rings. The van der Waals surface area contributed by atoms with Gasteiger partial charge in [-0.25, -0.2) is 9.59 Å². The number of rotatable bonds is 6. The number of hydrogen-bond acceptors (Lipinski definition) is 9. The molecule has 0 spiro atoms. The lowest BCUT2D eigenvalue weighted by atomic mass is 10.2. The minimum Gasteiger partial charge on any atom is -0.443 e. The van der Waals surface area contributed by atoms with Crippen molar-refractivity contribution in [3.8, 4) is 11.4 Å². The van der Waals surface area contributed by atoms with Gasteiger partial charge in [-0.15, -0.1) is 5.06 Å². The number of nitrogens with one attached hydrogen (secondary N) is 1. The molecule has 1 N–H and O–H groups in total. The Labute approximate surface area is 222 Å². The second-order valence-electron chi connectivity index (χ2n) is 8.66. The summed E-state index contributed by atoms with van der Waals surface area (Å²) in [4.78, 5) is 38.1. The molecule has 11 nitrogen and oxygen atoms in total. The van der Waals surface area contributed by atoms with E-state index in [1.54, 1.807) is 35.1 Å². The summed E-state index contributed by atoms with van der Waals surface area (Å²) >= 11 is 11.9. The van der Waals surface area contributed by atoms with Gasteiger partial charge in [0.25, 0.3) is 0 Å². The maximum atomic E-state index is 12.5. The zero-order valence-corrected chi connectivity index (χ0v) is 21.4. The third-order valence-corrected chi connectivity index (χ3v) is 6.75. The van der Waals surface area contributed by atoms with Crippen LogP contribution in [0.15, 0.2) is 47.0 Å². The topological polar surface area (TPSA) is 113 Å². The largest absolute Gasteiger partial charge is 0.443 e. The van der Waals surface area contributed by atoms with E-state index in [-0.39, 0.29) is 12.2 Å². The van der Waals surface area contributed by atoms with Crippen LogP contribution in [-0.4, -0.2) is 77.7 Å². The van der Waals surface area contributed by atoms with Gasteiger partial charge in [0.2, 0.25) is 11.7 Å². The lowest BCUT2D eigenvalue weighted by Gasteiger charge is -2.33. The summed E-state index contributed by atoms with van der Waals surface area (Å²) in [5.41, 5.74) is 2.03. The number of ether oxygens (including phenoxy) is 1. The van der Waals surface area contributed by atoms with Crippen LogP contribution in [0.5, 0.6) is 0 Å². The van der Waals surface area contributed by atoms with Crippen molar-refractivity contribution in [1.82, 2.24) is 20.1 Å². The predicted molar refractivity (Wildman–Crippen MR) is 137 cm³/mol. The molecule has 0 radical (unpaired) electrons. The quantitative estimate of drug-likeness (QED) is 0.478. The number of aromatic nitrogens is 2. The third-order valence-electron chi connectivity index (χ3n) is 6.01. The van der Waals surface area contributed by atoms with Crippen molar-refractivity contribution in [2.45, 2.75) is 13.0 Å². The fourth-order valence-electron chi connectivity index (χ4n) is 4.16. The smallest absolute Gasteiger partial charge is 0.430 e. The summed E-state index contributed by atoms with van der Waals surface area (Å²) in [6, 6.07) is 12.2. The van der Waals surface area contributed by atoms with Crippen molar-refractivity contribution in [3.05, 3.63) is 58.4 Å². The van der Waals surface area contributed by atoms with Crippen molar-refractivity contribution in [2.75, 3.05) is 49.5 Å². The molecule has 0 aliphatic carbocycles. The number of halogens is 2. The molecule has 5 rings (SSSR count). The summed E-state index contributed by atoms with van der Waals surface area (Å²) in [5.74, 6) is 0.991. The summed E-state index contributed by atoms with van der Waals surface area (Å²) < 4.78 is 10.6. The SMILES string of the molecule is Cc1nc(-c2ccc(N3CC(CN4CCN(OC(=O)Nc5ccc(Cl)c(Cl)c5)CC4)OC3=O)cc2)no1. The molecule has 2 aliphatic rings. The average Bonchev–Trinajstić information content (AvgIpc) is 3.48.